The number of nitrogens with two attached hydrogens (primary N) is 4. The van der Waals surface area contributed by atoms with Crippen molar-refractivity contribution in [2.45, 2.75) is 180 Å². The number of amides is 10. The van der Waals surface area contributed by atoms with E-state index < -0.39 is 163 Å². The smallest absolute Gasteiger partial charge is 0.326 e. The van der Waals surface area contributed by atoms with Crippen molar-refractivity contribution in [3.63, 3.8) is 0 Å². The number of hydrogen-bond acceptors (Lipinski definition) is 14. The number of carboxylic acid groups (broad SMARTS) is 2. The Kier molecular flexibility index (Phi) is 27.5. The molecule has 0 saturated carbocycles. The predicted octanol–water partition coefficient (Wildman–Crippen LogP) is -3.07. The van der Waals surface area contributed by atoms with Crippen LogP contribution in [0.15, 0.2) is 0 Å². The van der Waals surface area contributed by atoms with Gasteiger partial charge in [0.1, 0.15) is 48.3 Å². The van der Waals surface area contributed by atoms with Crippen LogP contribution < -0.4 is 60.2 Å². The molecule has 1 rings (SSSR count). The summed E-state index contributed by atoms with van der Waals surface area (Å²) >= 11 is 0. The molecule has 0 aromatic heterocycles. The number of likely N-dealkylation sites (tertiary alicyclic amines) is 1. The van der Waals surface area contributed by atoms with Crippen molar-refractivity contribution in [1.82, 2.24) is 42.1 Å². The maximum absolute atomic E-state index is 14.3. The van der Waals surface area contributed by atoms with Gasteiger partial charge < -0.3 is 75.3 Å². The molecule has 0 spiro atoms. The summed E-state index contributed by atoms with van der Waals surface area (Å²) in [6.07, 6.45) is -0.672. The van der Waals surface area contributed by atoms with Gasteiger partial charge in [0, 0.05) is 13.0 Å². The van der Waals surface area contributed by atoms with Crippen LogP contribution in [0.5, 0.6) is 0 Å². The molecule has 0 bridgehead atoms. The number of hydrogen-bond donors (Lipinski definition) is 13. The van der Waals surface area contributed by atoms with E-state index in [1.165, 1.54) is 18.7 Å². The van der Waals surface area contributed by atoms with Crippen LogP contribution >= 0.6 is 0 Å². The Morgan fingerprint density at radius 1 is 0.556 bits per heavy atom. The van der Waals surface area contributed by atoms with Crippen LogP contribution in [0.2, 0.25) is 0 Å². The molecule has 1 saturated heterocycles. The van der Waals surface area contributed by atoms with Gasteiger partial charge in [0.2, 0.25) is 59.1 Å². The fraction of sp³-hybridized carbons (Fsp3) is 0.739. The molecular formula is C46H80N12O14. The van der Waals surface area contributed by atoms with Gasteiger partial charge in [-0.3, -0.25) is 52.7 Å². The highest BCUT2D eigenvalue weighted by atomic mass is 16.4. The van der Waals surface area contributed by atoms with Crippen molar-refractivity contribution in [3.8, 4) is 0 Å². The second-order valence-corrected chi connectivity index (χ2v) is 19.7. The zero-order chi connectivity index (χ0) is 55.2. The number of carboxylic acids is 2. The molecule has 0 aromatic carbocycles. The Balaban J connectivity index is 3.43. The molecule has 0 unspecified atom stereocenters. The summed E-state index contributed by atoms with van der Waals surface area (Å²) in [7, 11) is 0. The van der Waals surface area contributed by atoms with Gasteiger partial charge in [0.05, 0.1) is 18.9 Å². The molecule has 1 aliphatic rings. The second-order valence-electron chi connectivity index (χ2n) is 19.7. The van der Waals surface area contributed by atoms with Crippen molar-refractivity contribution in [3.05, 3.63) is 0 Å². The average molecular weight is 1030 g/mol. The number of carbonyl (C=O) groups is 12. The van der Waals surface area contributed by atoms with E-state index in [0.29, 0.717) is 32.2 Å². The minimum absolute atomic E-state index is 0.0570. The molecule has 408 valence electrons. The van der Waals surface area contributed by atoms with Gasteiger partial charge in [-0.2, -0.15) is 0 Å². The summed E-state index contributed by atoms with van der Waals surface area (Å²) in [5.74, 6) is -13.6. The fourth-order valence-electron chi connectivity index (χ4n) is 7.81. The van der Waals surface area contributed by atoms with Crippen LogP contribution in [0, 0.1) is 23.7 Å². The summed E-state index contributed by atoms with van der Waals surface area (Å²) in [5, 5.41) is 36.2. The highest BCUT2D eigenvalue weighted by Gasteiger charge is 2.41. The number of rotatable bonds is 33. The van der Waals surface area contributed by atoms with Crippen molar-refractivity contribution in [2.75, 3.05) is 13.1 Å². The zero-order valence-corrected chi connectivity index (χ0v) is 42.7. The molecule has 1 fully saturated rings. The largest absolute Gasteiger partial charge is 0.481 e. The Hall–Kier alpha value is -6.44. The third kappa shape index (κ3) is 22.3. The summed E-state index contributed by atoms with van der Waals surface area (Å²) in [6.45, 7) is 14.0. The first-order valence-electron chi connectivity index (χ1n) is 24.4. The van der Waals surface area contributed by atoms with Gasteiger partial charge in [-0.25, -0.2) is 4.79 Å². The van der Waals surface area contributed by atoms with E-state index in [2.05, 4.69) is 37.2 Å². The fourth-order valence-corrected chi connectivity index (χ4v) is 7.81. The number of unbranched alkanes of at least 4 members (excludes halogenated alkanes) is 1. The van der Waals surface area contributed by atoms with Crippen LogP contribution in [0.4, 0.5) is 0 Å². The summed E-state index contributed by atoms with van der Waals surface area (Å²) in [4.78, 5) is 159. The number of nitrogens with one attached hydrogen (secondary N) is 7. The van der Waals surface area contributed by atoms with E-state index in [1.807, 2.05) is 27.7 Å². The normalized spacial score (nSPS) is 16.8. The van der Waals surface area contributed by atoms with Crippen molar-refractivity contribution < 1.29 is 67.7 Å². The number of aliphatic carboxylic acids is 2. The van der Waals surface area contributed by atoms with E-state index in [-0.39, 0.29) is 37.6 Å². The molecule has 72 heavy (non-hydrogen) atoms. The lowest BCUT2D eigenvalue weighted by atomic mass is 9.99. The molecule has 0 aliphatic carbocycles. The molecule has 26 nitrogen and oxygen atoms in total. The van der Waals surface area contributed by atoms with Crippen molar-refractivity contribution in [1.29, 1.82) is 0 Å². The molecule has 1 aliphatic heterocycles. The SMILES string of the molecule is CC(C)C[C@H](NC(=O)[C@@H](N)CCCCN)C(=O)N[C@@H](CC(C)C)C(=O)N1CCC[C@H]1C(=O)N[C@@H](CCC(=O)O)C(=O)N[C@@H](CC(N)=O)C(=O)N[C@@H](CC(N)=O)C(=O)N[C@H](C(=O)N[C@H](C(=O)O)C(C)C)C(C)C. The Morgan fingerprint density at radius 2 is 1.01 bits per heavy atom. The van der Waals surface area contributed by atoms with E-state index in [1.54, 1.807) is 13.8 Å². The Morgan fingerprint density at radius 3 is 1.49 bits per heavy atom. The number of carbonyl (C=O) groups excluding carboxylic acids is 10. The molecular weight excluding hydrogens is 945 g/mol. The maximum atomic E-state index is 14.3. The van der Waals surface area contributed by atoms with Gasteiger partial charge in [0.25, 0.3) is 0 Å². The highest BCUT2D eigenvalue weighted by molar-refractivity contribution is 6.00. The van der Waals surface area contributed by atoms with Gasteiger partial charge in [0.15, 0.2) is 0 Å². The first-order valence-corrected chi connectivity index (χ1v) is 24.4. The molecule has 0 radical (unpaired) electrons. The molecule has 26 heteroatoms. The first-order chi connectivity index (χ1) is 33.5. The lowest BCUT2D eigenvalue weighted by Gasteiger charge is -2.32. The van der Waals surface area contributed by atoms with Gasteiger partial charge in [-0.1, -0.05) is 61.8 Å². The second kappa shape index (κ2) is 31.1. The first kappa shape index (κ1) is 63.6. The van der Waals surface area contributed by atoms with E-state index >= 15 is 0 Å². The van der Waals surface area contributed by atoms with Crippen LogP contribution in [0.3, 0.4) is 0 Å². The van der Waals surface area contributed by atoms with E-state index in [0.717, 1.165) is 0 Å². The summed E-state index contributed by atoms with van der Waals surface area (Å²) in [5.41, 5.74) is 22.4. The number of primary amides is 2. The van der Waals surface area contributed by atoms with Crippen LogP contribution in [0.1, 0.15) is 126 Å². The Bertz CT molecular complexity index is 1930. The van der Waals surface area contributed by atoms with Crippen molar-refractivity contribution in [2.24, 2.45) is 46.6 Å². The summed E-state index contributed by atoms with van der Waals surface area (Å²) < 4.78 is 0. The minimum atomic E-state index is -1.91. The zero-order valence-electron chi connectivity index (χ0n) is 42.7. The Labute approximate surface area is 420 Å². The molecule has 1 heterocycles. The molecule has 17 N–H and O–H groups in total. The molecule has 9 atom stereocenters. The van der Waals surface area contributed by atoms with Gasteiger partial charge >= 0.3 is 11.9 Å². The predicted molar refractivity (Wildman–Crippen MR) is 260 cm³/mol. The standard InChI is InChI=1S/C46H80N12O14/c1-22(2)18-28(52-38(63)26(48)12-9-10-16-47)40(65)55-31(19-23(3)4)45(70)58-17-11-13-32(58)43(68)51-27(14-15-35(61)62)39(64)53-29(20-33(49)59)41(66)54-30(21-34(50)60)42(67)56-36(24(5)6)44(69)57-37(25(7)8)46(71)72/h22-32,36-37H,9-21,47-48H2,1-8H3,(H2,49,59)(H2,50,60)(H,51,68)(H,52,63)(H,53,64)(H,54,66)(H,55,65)(H,56,67)(H,57,69)(H,61,62)(H,71,72)/t26-,27-,28-,29-,30-,31-,32-,36-,37-/m0/s1. The van der Waals surface area contributed by atoms with Crippen LogP contribution in [-0.2, 0) is 57.5 Å². The lowest BCUT2D eigenvalue weighted by molar-refractivity contribution is -0.144. The highest BCUT2D eigenvalue weighted by Crippen LogP contribution is 2.22. The third-order valence-corrected chi connectivity index (χ3v) is 11.6. The van der Waals surface area contributed by atoms with Crippen molar-refractivity contribution >= 4 is 71.0 Å². The minimum Gasteiger partial charge on any atom is -0.481 e. The molecule has 0 aromatic rings. The molecule has 10 amide bonds. The topological polar surface area (TPSA) is 437 Å². The quantitative estimate of drug-likeness (QED) is 0.0290. The lowest BCUT2D eigenvalue weighted by Crippen LogP contribution is -2.61. The third-order valence-electron chi connectivity index (χ3n) is 11.6. The van der Waals surface area contributed by atoms with Gasteiger partial charge in [-0.15, -0.1) is 0 Å². The number of nitrogens with zero attached hydrogens (tertiary/aromatic N) is 1. The average Bonchev–Trinajstić information content (AvgIpc) is 3.76. The van der Waals surface area contributed by atoms with Gasteiger partial charge in [-0.05, 0) is 75.2 Å². The van der Waals surface area contributed by atoms with E-state index in [9.17, 15) is 67.7 Å². The van der Waals surface area contributed by atoms with E-state index in [4.69, 9.17) is 22.9 Å². The monoisotopic (exact) mass is 1020 g/mol. The maximum Gasteiger partial charge on any atom is 0.326 e. The summed E-state index contributed by atoms with van der Waals surface area (Å²) in [6, 6.07) is -12.5. The van der Waals surface area contributed by atoms with Crippen LogP contribution in [0.25, 0.3) is 0 Å². The van der Waals surface area contributed by atoms with Crippen LogP contribution in [-0.4, -0.2) is 154 Å².